The van der Waals surface area contributed by atoms with E-state index in [1.165, 1.54) is 11.8 Å². The maximum atomic E-state index is 12.2. The summed E-state index contributed by atoms with van der Waals surface area (Å²) in [5.74, 6) is 0. The molecule has 0 atom stereocenters. The lowest BCUT2D eigenvalue weighted by molar-refractivity contribution is 0.489. The summed E-state index contributed by atoms with van der Waals surface area (Å²) in [4.78, 5) is 12.2. The van der Waals surface area contributed by atoms with Crippen molar-refractivity contribution in [3.63, 3.8) is 0 Å². The zero-order valence-electron chi connectivity index (χ0n) is 9.04. The molecule has 0 aliphatic carbocycles. The van der Waals surface area contributed by atoms with Gasteiger partial charge in [0.25, 0.3) is 0 Å². The van der Waals surface area contributed by atoms with Gasteiger partial charge in [-0.15, -0.1) is 0 Å². The van der Waals surface area contributed by atoms with Crippen molar-refractivity contribution in [2.24, 2.45) is 0 Å². The predicted octanol–water partition coefficient (Wildman–Crippen LogP) is 3.84. The molecule has 0 radical (unpaired) electrons. The van der Waals surface area contributed by atoms with Gasteiger partial charge in [-0.25, -0.2) is 0 Å². The van der Waals surface area contributed by atoms with E-state index in [-0.39, 0.29) is 5.43 Å². The number of benzene rings is 1. The third kappa shape index (κ3) is 1.92. The van der Waals surface area contributed by atoms with E-state index in [0.717, 1.165) is 15.1 Å². The lowest BCUT2D eigenvalue weighted by Crippen LogP contribution is -2.09. The molecule has 2 rings (SSSR count). The maximum Gasteiger partial charge on any atom is 0.197 e. The second-order valence-corrected chi connectivity index (χ2v) is 5.09. The fourth-order valence-corrected chi connectivity index (χ4v) is 2.67. The molecule has 2 aromatic rings. The van der Waals surface area contributed by atoms with Gasteiger partial charge in [0.15, 0.2) is 10.5 Å². The van der Waals surface area contributed by atoms with E-state index < -0.39 is 0 Å². The van der Waals surface area contributed by atoms with E-state index in [0.29, 0.717) is 17.4 Å². The Bertz CT molecular complexity index is 589. The summed E-state index contributed by atoms with van der Waals surface area (Å²) in [5, 5.41) is 1.37. The molecule has 84 valence electrons. The number of halogens is 1. The molecule has 0 saturated carbocycles. The fourth-order valence-electron chi connectivity index (χ4n) is 1.66. The predicted molar refractivity (Wildman–Crippen MR) is 71.3 cm³/mol. The second kappa shape index (κ2) is 4.63. The largest absolute Gasteiger partial charge is 0.449 e. The highest BCUT2D eigenvalue weighted by molar-refractivity contribution is 9.10. The Morgan fingerprint density at radius 1 is 1.44 bits per heavy atom. The molecular weight excluding hydrogens is 288 g/mol. The molecule has 2 nitrogen and oxygen atoms in total. The van der Waals surface area contributed by atoms with Crippen LogP contribution < -0.4 is 5.43 Å². The average molecular weight is 299 g/mol. The number of hydrogen-bond acceptors (Lipinski definition) is 3. The smallest absolute Gasteiger partial charge is 0.197 e. The van der Waals surface area contributed by atoms with Crippen molar-refractivity contribution < 1.29 is 4.42 Å². The Kier molecular flexibility index (Phi) is 3.40. The van der Waals surface area contributed by atoms with Crippen molar-refractivity contribution in [3.8, 4) is 0 Å². The summed E-state index contributed by atoms with van der Waals surface area (Å²) < 4.78 is 6.61. The summed E-state index contributed by atoms with van der Waals surface area (Å²) in [6, 6.07) is 5.51. The highest BCUT2D eigenvalue weighted by Gasteiger charge is 2.12. The first-order valence-corrected chi connectivity index (χ1v) is 6.98. The van der Waals surface area contributed by atoms with Gasteiger partial charge in [-0.05, 0) is 30.9 Å². The van der Waals surface area contributed by atoms with Crippen LogP contribution >= 0.6 is 27.7 Å². The van der Waals surface area contributed by atoms with Crippen LogP contribution in [0, 0.1) is 0 Å². The summed E-state index contributed by atoms with van der Waals surface area (Å²) in [6.07, 6.45) is 2.61. The van der Waals surface area contributed by atoms with Crippen LogP contribution in [0.2, 0.25) is 0 Å². The Labute approximate surface area is 106 Å². The summed E-state index contributed by atoms with van der Waals surface area (Å²) in [5.41, 5.74) is 1.49. The molecule has 1 heterocycles. The highest BCUT2D eigenvalue weighted by Crippen LogP contribution is 2.25. The quantitative estimate of drug-likeness (QED) is 0.789. The molecule has 0 aliphatic rings. The van der Waals surface area contributed by atoms with E-state index in [1.807, 2.05) is 31.4 Å². The van der Waals surface area contributed by atoms with Gasteiger partial charge < -0.3 is 4.42 Å². The Morgan fingerprint density at radius 3 is 2.81 bits per heavy atom. The fraction of sp³-hybridized carbons (Fsp3) is 0.250. The topological polar surface area (TPSA) is 30.2 Å². The van der Waals surface area contributed by atoms with E-state index >= 15 is 0 Å². The van der Waals surface area contributed by atoms with Crippen molar-refractivity contribution >= 4 is 38.7 Å². The van der Waals surface area contributed by atoms with Crippen LogP contribution in [-0.4, -0.2) is 6.26 Å². The third-order valence-corrected chi connectivity index (χ3v) is 3.64. The van der Waals surface area contributed by atoms with Gasteiger partial charge in [-0.2, -0.15) is 0 Å². The SMILES string of the molecule is CCc1c(SC)oc2ccc(Br)cc2c1=O. The summed E-state index contributed by atoms with van der Waals surface area (Å²) in [6.45, 7) is 1.97. The first-order chi connectivity index (χ1) is 7.67. The van der Waals surface area contributed by atoms with Crippen molar-refractivity contribution in [2.75, 3.05) is 6.26 Å². The zero-order chi connectivity index (χ0) is 11.7. The van der Waals surface area contributed by atoms with Gasteiger partial charge in [0, 0.05) is 10.0 Å². The summed E-state index contributed by atoms with van der Waals surface area (Å²) >= 11 is 4.84. The third-order valence-electron chi connectivity index (χ3n) is 2.45. The minimum absolute atomic E-state index is 0.0781. The van der Waals surface area contributed by atoms with Gasteiger partial charge in [-0.1, -0.05) is 34.6 Å². The van der Waals surface area contributed by atoms with Crippen LogP contribution in [0.4, 0.5) is 0 Å². The molecule has 4 heteroatoms. The Balaban J connectivity index is 2.88. The number of thioether (sulfide) groups is 1. The van der Waals surface area contributed by atoms with Crippen molar-refractivity contribution in [1.82, 2.24) is 0 Å². The molecule has 1 aromatic carbocycles. The lowest BCUT2D eigenvalue weighted by Gasteiger charge is -2.05. The molecule has 0 bridgehead atoms. The minimum Gasteiger partial charge on any atom is -0.449 e. The zero-order valence-corrected chi connectivity index (χ0v) is 11.4. The van der Waals surface area contributed by atoms with Gasteiger partial charge >= 0.3 is 0 Å². The van der Waals surface area contributed by atoms with Gasteiger partial charge in [0.1, 0.15) is 5.58 Å². The van der Waals surface area contributed by atoms with E-state index in [9.17, 15) is 4.79 Å². The number of rotatable bonds is 2. The monoisotopic (exact) mass is 298 g/mol. The summed E-state index contributed by atoms with van der Waals surface area (Å²) in [7, 11) is 0. The average Bonchev–Trinajstić information content (AvgIpc) is 2.29. The van der Waals surface area contributed by atoms with Crippen molar-refractivity contribution in [2.45, 2.75) is 18.4 Å². The Hall–Kier alpha value is -0.740. The van der Waals surface area contributed by atoms with E-state index in [4.69, 9.17) is 4.42 Å². The minimum atomic E-state index is 0.0781. The van der Waals surface area contributed by atoms with Crippen molar-refractivity contribution in [3.05, 3.63) is 38.5 Å². The van der Waals surface area contributed by atoms with Crippen LogP contribution in [0.15, 0.2) is 37.0 Å². The highest BCUT2D eigenvalue weighted by atomic mass is 79.9. The van der Waals surface area contributed by atoms with Gasteiger partial charge in [0.05, 0.1) is 5.39 Å². The maximum absolute atomic E-state index is 12.2. The molecule has 0 spiro atoms. The van der Waals surface area contributed by atoms with E-state index in [2.05, 4.69) is 15.9 Å². The normalized spacial score (nSPS) is 10.9. The molecule has 0 N–H and O–H groups in total. The first kappa shape index (κ1) is 11.7. The molecule has 16 heavy (non-hydrogen) atoms. The molecule has 0 saturated heterocycles. The Morgan fingerprint density at radius 2 is 2.19 bits per heavy atom. The van der Waals surface area contributed by atoms with Gasteiger partial charge in [0.2, 0.25) is 0 Å². The molecule has 0 unspecified atom stereocenters. The van der Waals surface area contributed by atoms with Crippen LogP contribution in [0.5, 0.6) is 0 Å². The van der Waals surface area contributed by atoms with Crippen LogP contribution in [0.1, 0.15) is 12.5 Å². The van der Waals surface area contributed by atoms with Gasteiger partial charge in [-0.3, -0.25) is 4.79 Å². The van der Waals surface area contributed by atoms with Crippen LogP contribution in [-0.2, 0) is 6.42 Å². The number of fused-ring (bicyclic) bond motifs is 1. The van der Waals surface area contributed by atoms with E-state index in [1.54, 1.807) is 0 Å². The second-order valence-electron chi connectivity index (χ2n) is 3.40. The number of hydrogen-bond donors (Lipinski definition) is 0. The van der Waals surface area contributed by atoms with Crippen molar-refractivity contribution in [1.29, 1.82) is 0 Å². The standard InChI is InChI=1S/C12H11BrO2S/c1-3-8-11(14)9-6-7(13)4-5-10(9)15-12(8)16-2/h4-6H,3H2,1-2H3. The molecule has 1 aromatic heterocycles. The van der Waals surface area contributed by atoms with Crippen LogP contribution in [0.3, 0.4) is 0 Å². The molecular formula is C12H11BrO2S. The molecule has 0 fully saturated rings. The lowest BCUT2D eigenvalue weighted by atomic mass is 10.1. The molecule has 0 amide bonds. The van der Waals surface area contributed by atoms with Crippen LogP contribution in [0.25, 0.3) is 11.0 Å². The first-order valence-electron chi connectivity index (χ1n) is 4.96. The molecule has 0 aliphatic heterocycles.